The van der Waals surface area contributed by atoms with Crippen molar-refractivity contribution in [2.75, 3.05) is 19.8 Å². The second-order valence-corrected chi connectivity index (χ2v) is 12.1. The Morgan fingerprint density at radius 3 is 2.55 bits per heavy atom. The predicted octanol–water partition coefficient (Wildman–Crippen LogP) is 3.61. The quantitative estimate of drug-likeness (QED) is 0.301. The van der Waals surface area contributed by atoms with E-state index in [0.29, 0.717) is 37.7 Å². The zero-order valence-electron chi connectivity index (χ0n) is 22.6. The Morgan fingerprint density at radius 2 is 1.84 bits per heavy atom. The normalized spacial score (nSPS) is 41.6. The molecule has 0 aromatic rings. The van der Waals surface area contributed by atoms with Crippen LogP contribution in [-0.2, 0) is 19.1 Å². The van der Waals surface area contributed by atoms with Gasteiger partial charge in [0.05, 0.1) is 12.7 Å². The molecule has 8 atom stereocenters. The largest absolute Gasteiger partial charge is 0.508 e. The van der Waals surface area contributed by atoms with E-state index in [0.717, 1.165) is 12.8 Å². The number of aliphatic hydroxyl groups is 3. The molecule has 9 heteroatoms. The zero-order chi connectivity index (χ0) is 27.9. The number of hydrogen-bond acceptors (Lipinski definition) is 8. The van der Waals surface area contributed by atoms with Crippen LogP contribution in [-0.4, -0.2) is 70.2 Å². The molecular weight excluding hydrogens is 495 g/mol. The molecule has 0 aromatic carbocycles. The van der Waals surface area contributed by atoms with Crippen molar-refractivity contribution in [3.05, 3.63) is 23.8 Å². The SMILES string of the molecule is C[C@@H]1C[C@H]2[C@@H]3CCC4=CC(=O)C=C[C@]4(C)[C@@]3(F)[C@@H](O)C[C@]2(C)[C@@]1(O)C(=O)COC(=O)OCCCCCCO. The first-order valence-corrected chi connectivity index (χ1v) is 13.8. The lowest BCUT2D eigenvalue weighted by Crippen LogP contribution is -2.69. The van der Waals surface area contributed by atoms with Crippen LogP contribution in [0.1, 0.15) is 72.1 Å². The first kappa shape index (κ1) is 28.9. The molecule has 0 radical (unpaired) electrons. The van der Waals surface area contributed by atoms with Crippen LogP contribution in [0.2, 0.25) is 0 Å². The lowest BCUT2D eigenvalue weighted by Gasteiger charge is -2.62. The fourth-order valence-electron chi connectivity index (χ4n) is 8.14. The van der Waals surface area contributed by atoms with E-state index in [2.05, 4.69) is 0 Å². The molecule has 4 aliphatic rings. The molecule has 0 saturated heterocycles. The maximum atomic E-state index is 17.2. The molecule has 8 nitrogen and oxygen atoms in total. The molecule has 4 rings (SSSR count). The molecule has 0 aliphatic heterocycles. The van der Waals surface area contributed by atoms with Gasteiger partial charge in [-0.2, -0.15) is 0 Å². The Balaban J connectivity index is 1.48. The molecule has 3 fully saturated rings. The van der Waals surface area contributed by atoms with Crippen LogP contribution in [0, 0.1) is 28.6 Å². The second kappa shape index (κ2) is 10.5. The molecule has 38 heavy (non-hydrogen) atoms. The van der Waals surface area contributed by atoms with Gasteiger partial charge in [-0.1, -0.05) is 31.9 Å². The summed E-state index contributed by atoms with van der Waals surface area (Å²) in [5.41, 5.74) is -5.58. The smallest absolute Gasteiger partial charge is 0.434 e. The minimum atomic E-state index is -2.05. The molecule has 212 valence electrons. The Morgan fingerprint density at radius 1 is 1.13 bits per heavy atom. The average molecular weight is 537 g/mol. The highest BCUT2D eigenvalue weighted by molar-refractivity contribution is 6.01. The highest BCUT2D eigenvalue weighted by atomic mass is 19.1. The third kappa shape index (κ3) is 4.25. The molecule has 0 unspecified atom stereocenters. The fraction of sp³-hybridized carbons (Fsp3) is 0.759. The van der Waals surface area contributed by atoms with Crippen molar-refractivity contribution in [1.29, 1.82) is 0 Å². The molecule has 0 bridgehead atoms. The van der Waals surface area contributed by atoms with Gasteiger partial charge in [-0.05, 0) is 75.9 Å². The van der Waals surface area contributed by atoms with Crippen molar-refractivity contribution in [3.63, 3.8) is 0 Å². The molecular formula is C29H41FO8. The van der Waals surface area contributed by atoms with Gasteiger partial charge in [-0.25, -0.2) is 9.18 Å². The van der Waals surface area contributed by atoms with E-state index in [9.17, 15) is 24.6 Å². The van der Waals surface area contributed by atoms with Gasteiger partial charge in [-0.15, -0.1) is 0 Å². The highest BCUT2D eigenvalue weighted by Gasteiger charge is 2.75. The third-order valence-corrected chi connectivity index (χ3v) is 10.2. The third-order valence-electron chi connectivity index (χ3n) is 10.2. The fourth-order valence-corrected chi connectivity index (χ4v) is 8.14. The summed E-state index contributed by atoms with van der Waals surface area (Å²) in [4.78, 5) is 37.4. The standard InChI is InChI=1S/C29H41FO8/c1-18-14-22-21-9-8-19-15-20(32)10-11-26(19,2)28(21,30)23(33)16-27(22,3)29(18,36)24(34)17-38-25(35)37-13-7-5-4-6-12-31/h10-11,15,18,21-23,31,33,36H,4-9,12-14,16-17H2,1-3H3/t18-,21+,22+,23+,26+,27+,28+,29+/m1/s1. The summed E-state index contributed by atoms with van der Waals surface area (Å²) in [7, 11) is 0. The van der Waals surface area contributed by atoms with E-state index in [1.54, 1.807) is 26.8 Å². The molecule has 3 N–H and O–H groups in total. The Labute approximate surface area is 223 Å². The monoisotopic (exact) mass is 536 g/mol. The number of allylic oxidation sites excluding steroid dienone is 4. The number of fused-ring (bicyclic) bond motifs is 5. The van der Waals surface area contributed by atoms with E-state index in [4.69, 9.17) is 14.6 Å². The summed E-state index contributed by atoms with van der Waals surface area (Å²) in [6.45, 7) is 4.77. The molecule has 3 saturated carbocycles. The summed E-state index contributed by atoms with van der Waals surface area (Å²) in [6, 6.07) is 0. The van der Waals surface area contributed by atoms with Gasteiger partial charge in [0.2, 0.25) is 5.78 Å². The number of unbranched alkanes of at least 4 members (excludes halogenated alkanes) is 3. The minimum Gasteiger partial charge on any atom is -0.434 e. The first-order valence-electron chi connectivity index (χ1n) is 13.8. The van der Waals surface area contributed by atoms with Crippen LogP contribution in [0.5, 0.6) is 0 Å². The van der Waals surface area contributed by atoms with E-state index in [1.807, 2.05) is 0 Å². The lowest BCUT2D eigenvalue weighted by molar-refractivity contribution is -0.219. The van der Waals surface area contributed by atoms with Gasteiger partial charge < -0.3 is 24.8 Å². The van der Waals surface area contributed by atoms with Gasteiger partial charge in [0.1, 0.15) is 5.60 Å². The van der Waals surface area contributed by atoms with Crippen LogP contribution in [0.15, 0.2) is 23.8 Å². The number of carbonyl (C=O) groups is 3. The van der Waals surface area contributed by atoms with Gasteiger partial charge in [0.15, 0.2) is 18.1 Å². The average Bonchev–Trinajstić information content (AvgIpc) is 3.07. The van der Waals surface area contributed by atoms with Crippen molar-refractivity contribution in [3.8, 4) is 0 Å². The molecule has 4 aliphatic carbocycles. The van der Waals surface area contributed by atoms with Crippen LogP contribution in [0.25, 0.3) is 0 Å². The minimum absolute atomic E-state index is 0.117. The van der Waals surface area contributed by atoms with E-state index >= 15 is 4.39 Å². The van der Waals surface area contributed by atoms with Crippen molar-refractivity contribution in [2.24, 2.45) is 28.6 Å². The highest BCUT2D eigenvalue weighted by Crippen LogP contribution is 2.70. The summed E-state index contributed by atoms with van der Waals surface area (Å²) in [5.74, 6) is -2.44. The predicted molar refractivity (Wildman–Crippen MR) is 136 cm³/mol. The summed E-state index contributed by atoms with van der Waals surface area (Å²) in [6.07, 6.45) is 5.96. The van der Waals surface area contributed by atoms with E-state index in [-0.39, 0.29) is 25.4 Å². The Hall–Kier alpha value is -2.10. The number of hydrogen-bond donors (Lipinski definition) is 3. The lowest BCUT2D eigenvalue weighted by atomic mass is 9.44. The van der Waals surface area contributed by atoms with Crippen LogP contribution >= 0.6 is 0 Å². The first-order chi connectivity index (χ1) is 17.9. The van der Waals surface area contributed by atoms with Crippen molar-refractivity contribution in [2.45, 2.75) is 89.5 Å². The van der Waals surface area contributed by atoms with Crippen LogP contribution in [0.3, 0.4) is 0 Å². The number of ketones is 2. The maximum absolute atomic E-state index is 17.2. The van der Waals surface area contributed by atoms with Crippen molar-refractivity contribution >= 4 is 17.7 Å². The summed E-state index contributed by atoms with van der Waals surface area (Å²) in [5, 5.41) is 32.1. The van der Waals surface area contributed by atoms with Crippen molar-refractivity contribution < 1.29 is 43.6 Å². The Bertz CT molecular complexity index is 1020. The summed E-state index contributed by atoms with van der Waals surface area (Å²) >= 11 is 0. The number of alkyl halides is 1. The topological polar surface area (TPSA) is 130 Å². The van der Waals surface area contributed by atoms with Crippen molar-refractivity contribution in [1.82, 2.24) is 0 Å². The van der Waals surface area contributed by atoms with Crippen LogP contribution in [0.4, 0.5) is 9.18 Å². The maximum Gasteiger partial charge on any atom is 0.508 e. The molecule has 0 spiro atoms. The second-order valence-electron chi connectivity index (χ2n) is 12.1. The van der Waals surface area contributed by atoms with Gasteiger partial charge >= 0.3 is 6.16 Å². The number of aliphatic hydroxyl groups excluding tert-OH is 2. The Kier molecular flexibility index (Phi) is 7.96. The van der Waals surface area contributed by atoms with Crippen LogP contribution < -0.4 is 0 Å². The number of ether oxygens (including phenoxy) is 2. The van der Waals surface area contributed by atoms with E-state index in [1.165, 1.54) is 12.2 Å². The number of halogens is 1. The summed E-state index contributed by atoms with van der Waals surface area (Å²) < 4.78 is 27.2. The van der Waals surface area contributed by atoms with Gasteiger partial charge in [0.25, 0.3) is 0 Å². The number of Topliss-reactive ketones (excluding diaryl/α,β-unsaturated/α-hetero) is 1. The van der Waals surface area contributed by atoms with E-state index < -0.39 is 64.5 Å². The van der Waals surface area contributed by atoms with Gasteiger partial charge in [0, 0.05) is 23.4 Å². The molecule has 0 amide bonds. The number of rotatable bonds is 9. The van der Waals surface area contributed by atoms with Gasteiger partial charge in [-0.3, -0.25) is 9.59 Å². The number of carbonyl (C=O) groups excluding carboxylic acids is 3. The zero-order valence-corrected chi connectivity index (χ0v) is 22.6. The molecule has 0 heterocycles. The molecule has 0 aromatic heterocycles.